The zero-order valence-electron chi connectivity index (χ0n) is 10.9. The molecule has 0 bridgehead atoms. The summed E-state index contributed by atoms with van der Waals surface area (Å²) in [4.78, 5) is 22.4. The van der Waals surface area contributed by atoms with Gasteiger partial charge in [-0.1, -0.05) is 0 Å². The zero-order chi connectivity index (χ0) is 15.4. The van der Waals surface area contributed by atoms with Crippen molar-refractivity contribution in [2.45, 2.75) is 19.1 Å². The maximum atomic E-state index is 13.9. The summed E-state index contributed by atoms with van der Waals surface area (Å²) >= 11 is 2.98. The van der Waals surface area contributed by atoms with Crippen LogP contribution in [0.1, 0.15) is 28.9 Å². The van der Waals surface area contributed by atoms with Gasteiger partial charge >= 0.3 is 11.9 Å². The second-order valence-electron chi connectivity index (χ2n) is 3.84. The predicted molar refractivity (Wildman–Crippen MR) is 78.5 cm³/mol. The number of phenols is 1. The lowest BCUT2D eigenvalue weighted by atomic mass is 9.96. The van der Waals surface area contributed by atoms with Gasteiger partial charge in [0.25, 0.3) is 0 Å². The summed E-state index contributed by atoms with van der Waals surface area (Å²) in [5.41, 5.74) is 4.81. The van der Waals surface area contributed by atoms with Crippen molar-refractivity contribution in [2.24, 2.45) is 5.73 Å². The molecule has 0 heterocycles. The molecule has 0 spiro atoms. The Labute approximate surface area is 134 Å². The van der Waals surface area contributed by atoms with Crippen molar-refractivity contribution in [3.63, 3.8) is 0 Å². The molecule has 0 aromatic heterocycles. The molecule has 1 aromatic rings. The number of aromatic carboxylic acids is 1. The van der Waals surface area contributed by atoms with Gasteiger partial charge < -0.3 is 20.7 Å². The highest BCUT2D eigenvalue weighted by atomic mass is 79.9. The van der Waals surface area contributed by atoms with Crippen LogP contribution in [-0.4, -0.2) is 34.9 Å². The smallest absolute Gasteiger partial charge is 0.342 e. The fourth-order valence-corrected chi connectivity index (χ4v) is 1.97. The Morgan fingerprint density at radius 2 is 2.05 bits per heavy atom. The lowest BCUT2D eigenvalue weighted by Crippen LogP contribution is -2.32. The molecule has 0 aliphatic rings. The first-order valence-corrected chi connectivity index (χ1v) is 6.41. The van der Waals surface area contributed by atoms with E-state index in [2.05, 4.69) is 20.7 Å². The van der Waals surface area contributed by atoms with Gasteiger partial charge in [-0.15, -0.1) is 12.4 Å². The van der Waals surface area contributed by atoms with Crippen LogP contribution < -0.4 is 5.73 Å². The summed E-state index contributed by atoms with van der Waals surface area (Å²) in [6.07, 6.45) is -2.28. The second-order valence-corrected chi connectivity index (χ2v) is 4.70. The number of carbonyl (C=O) groups is 2. The summed E-state index contributed by atoms with van der Waals surface area (Å²) in [5, 5.41) is 18.9. The number of hydrogen-bond donors (Lipinski definition) is 3. The molecule has 1 aromatic carbocycles. The summed E-state index contributed by atoms with van der Waals surface area (Å²) in [6.45, 7) is 1.46. The summed E-state index contributed by atoms with van der Waals surface area (Å²) in [5.74, 6) is -3.13. The number of alkyl halides is 1. The van der Waals surface area contributed by atoms with Gasteiger partial charge in [0.05, 0.1) is 22.7 Å². The standard InChI is InChI=1S/C12H13BrFNO5.ClH/c1-2-20-12(19)8(14)9(15)7-5(11(17)18)3-4-6(13)10(7)16;/h3-4,8-9,16H,2,15H2,1H3,(H,17,18);1H/t8?,9-;/m1./s1. The van der Waals surface area contributed by atoms with Gasteiger partial charge in [-0.05, 0) is 35.0 Å². The molecule has 4 N–H and O–H groups in total. The molecule has 6 nitrogen and oxygen atoms in total. The zero-order valence-corrected chi connectivity index (χ0v) is 13.3. The Balaban J connectivity index is 0.00000400. The molecule has 21 heavy (non-hydrogen) atoms. The number of carboxylic acid groups (broad SMARTS) is 1. The number of phenolic OH excluding ortho intramolecular Hbond substituents is 1. The SMILES string of the molecule is CCOC(=O)C(F)[C@H](N)c1c(C(=O)O)ccc(Br)c1O.Cl. The van der Waals surface area contributed by atoms with Gasteiger partial charge in [-0.3, -0.25) is 0 Å². The molecule has 0 radical (unpaired) electrons. The second kappa shape index (κ2) is 8.16. The van der Waals surface area contributed by atoms with Gasteiger partial charge in [0.1, 0.15) is 5.75 Å². The average Bonchev–Trinajstić information content (AvgIpc) is 2.39. The van der Waals surface area contributed by atoms with Gasteiger partial charge in [0.2, 0.25) is 6.17 Å². The first kappa shape index (κ1) is 19.6. The van der Waals surface area contributed by atoms with Crippen molar-refractivity contribution in [3.05, 3.63) is 27.7 Å². The third-order valence-corrected chi connectivity index (χ3v) is 3.20. The van der Waals surface area contributed by atoms with Gasteiger partial charge in [0, 0.05) is 5.56 Å². The average molecular weight is 387 g/mol. The molecule has 118 valence electrons. The van der Waals surface area contributed by atoms with Crippen LogP contribution in [-0.2, 0) is 9.53 Å². The first-order chi connectivity index (χ1) is 9.31. The van der Waals surface area contributed by atoms with E-state index in [-0.39, 0.29) is 34.6 Å². The van der Waals surface area contributed by atoms with E-state index >= 15 is 0 Å². The van der Waals surface area contributed by atoms with E-state index in [1.54, 1.807) is 0 Å². The normalized spacial score (nSPS) is 13.0. The topological polar surface area (TPSA) is 110 Å². The monoisotopic (exact) mass is 385 g/mol. The van der Waals surface area contributed by atoms with Crippen LogP contribution in [0.25, 0.3) is 0 Å². The van der Waals surface area contributed by atoms with Crippen LogP contribution in [0.15, 0.2) is 16.6 Å². The summed E-state index contributed by atoms with van der Waals surface area (Å²) in [7, 11) is 0. The van der Waals surface area contributed by atoms with Crippen LogP contribution in [0.4, 0.5) is 4.39 Å². The lowest BCUT2D eigenvalue weighted by molar-refractivity contribution is -0.149. The Kier molecular flexibility index (Phi) is 7.62. The van der Waals surface area contributed by atoms with E-state index in [0.29, 0.717) is 0 Å². The van der Waals surface area contributed by atoms with Gasteiger partial charge in [0.15, 0.2) is 0 Å². The number of halogens is 3. The number of benzene rings is 1. The Morgan fingerprint density at radius 3 is 2.52 bits per heavy atom. The van der Waals surface area contributed by atoms with Crippen LogP contribution >= 0.6 is 28.3 Å². The van der Waals surface area contributed by atoms with E-state index < -0.39 is 29.9 Å². The fourth-order valence-electron chi connectivity index (χ4n) is 1.62. The van der Waals surface area contributed by atoms with Crippen LogP contribution in [0.2, 0.25) is 0 Å². The predicted octanol–water partition coefficient (Wildman–Crippen LogP) is 2.18. The molecule has 9 heteroatoms. The van der Waals surface area contributed by atoms with Gasteiger partial charge in [-0.2, -0.15) is 0 Å². The molecule has 0 saturated carbocycles. The highest BCUT2D eigenvalue weighted by Crippen LogP contribution is 2.36. The minimum Gasteiger partial charge on any atom is -0.506 e. The number of hydrogen-bond acceptors (Lipinski definition) is 5. The van der Waals surface area contributed by atoms with Crippen molar-refractivity contribution < 1.29 is 28.9 Å². The number of nitrogens with two attached hydrogens (primary N) is 1. The van der Waals surface area contributed by atoms with Crippen molar-refractivity contribution in [1.29, 1.82) is 0 Å². The quantitative estimate of drug-likeness (QED) is 0.669. The largest absolute Gasteiger partial charge is 0.506 e. The van der Waals surface area contributed by atoms with Crippen molar-refractivity contribution >= 4 is 40.3 Å². The van der Waals surface area contributed by atoms with E-state index in [0.717, 1.165) is 6.07 Å². The minimum atomic E-state index is -2.28. The van der Waals surface area contributed by atoms with E-state index in [9.17, 15) is 19.1 Å². The number of rotatable bonds is 5. The molecule has 1 unspecified atom stereocenters. The molecule has 0 amide bonds. The number of aromatic hydroxyl groups is 1. The Bertz CT molecular complexity index is 543. The Morgan fingerprint density at radius 1 is 1.48 bits per heavy atom. The molecule has 0 fully saturated rings. The molecule has 1 rings (SSSR count). The van der Waals surface area contributed by atoms with Crippen LogP contribution in [0.5, 0.6) is 5.75 Å². The van der Waals surface area contributed by atoms with Crippen molar-refractivity contribution in [2.75, 3.05) is 6.61 Å². The Hall–Kier alpha value is -1.38. The van der Waals surface area contributed by atoms with Crippen molar-refractivity contribution in [1.82, 2.24) is 0 Å². The maximum Gasteiger partial charge on any atom is 0.342 e. The molecule has 2 atom stereocenters. The summed E-state index contributed by atoms with van der Waals surface area (Å²) in [6, 6.07) is 0.781. The summed E-state index contributed by atoms with van der Waals surface area (Å²) < 4.78 is 18.5. The van der Waals surface area contributed by atoms with Gasteiger partial charge in [-0.25, -0.2) is 14.0 Å². The highest BCUT2D eigenvalue weighted by molar-refractivity contribution is 9.10. The molecular weight excluding hydrogens is 372 g/mol. The number of carbonyl (C=O) groups excluding carboxylic acids is 1. The highest BCUT2D eigenvalue weighted by Gasteiger charge is 2.33. The molecule has 0 aliphatic heterocycles. The lowest BCUT2D eigenvalue weighted by Gasteiger charge is -2.19. The number of ether oxygens (including phenoxy) is 1. The molecule has 0 aliphatic carbocycles. The number of esters is 1. The fraction of sp³-hybridized carbons (Fsp3) is 0.333. The van der Waals surface area contributed by atoms with Crippen molar-refractivity contribution in [3.8, 4) is 5.75 Å². The molecular formula is C12H14BrClFNO5. The van der Waals surface area contributed by atoms with Crippen LogP contribution in [0.3, 0.4) is 0 Å². The van der Waals surface area contributed by atoms with E-state index in [4.69, 9.17) is 10.8 Å². The maximum absolute atomic E-state index is 13.9. The molecule has 0 saturated heterocycles. The third-order valence-electron chi connectivity index (χ3n) is 2.56. The van der Waals surface area contributed by atoms with E-state index in [1.807, 2.05) is 0 Å². The van der Waals surface area contributed by atoms with Crippen LogP contribution in [0, 0.1) is 0 Å². The third kappa shape index (κ3) is 4.29. The van der Waals surface area contributed by atoms with E-state index in [1.165, 1.54) is 13.0 Å². The number of carboxylic acids is 1. The minimum absolute atomic E-state index is 0. The first-order valence-electron chi connectivity index (χ1n) is 5.62.